The lowest BCUT2D eigenvalue weighted by atomic mass is 9.49. The lowest BCUT2D eigenvalue weighted by Gasteiger charge is -2.56. The quantitative estimate of drug-likeness (QED) is 0.731. The summed E-state index contributed by atoms with van der Waals surface area (Å²) in [6.45, 7) is 0.834. The zero-order valence-corrected chi connectivity index (χ0v) is 16.6. The molecule has 6 aliphatic rings. The Kier molecular flexibility index (Phi) is 4.44. The van der Waals surface area contributed by atoms with E-state index in [1.807, 2.05) is 0 Å². The average molecular weight is 389 g/mol. The maximum absolute atomic E-state index is 12.6. The fourth-order valence-electron chi connectivity index (χ4n) is 7.49. The van der Waals surface area contributed by atoms with Gasteiger partial charge in [-0.05, 0) is 86.4 Å². The molecule has 6 heteroatoms. The smallest absolute Gasteiger partial charge is 0.308 e. The highest BCUT2D eigenvalue weighted by Crippen LogP contribution is 2.61. The molecule has 2 amide bonds. The number of carboxylic acid groups (broad SMARTS) is 1. The molecular formula is C22H32N2O4. The van der Waals surface area contributed by atoms with Crippen molar-refractivity contribution in [1.29, 1.82) is 0 Å². The molecule has 2 atom stereocenters. The van der Waals surface area contributed by atoms with Gasteiger partial charge in [0.15, 0.2) is 0 Å². The lowest BCUT2D eigenvalue weighted by Crippen LogP contribution is -2.48. The summed E-state index contributed by atoms with van der Waals surface area (Å²) in [5.41, 5.74) is 0.182. The number of rotatable bonds is 6. The Balaban J connectivity index is 1.13. The van der Waals surface area contributed by atoms with E-state index in [0.29, 0.717) is 25.4 Å². The van der Waals surface area contributed by atoms with Crippen LogP contribution in [-0.4, -0.2) is 47.4 Å². The Labute approximate surface area is 166 Å². The maximum Gasteiger partial charge on any atom is 0.308 e. The first-order valence-corrected chi connectivity index (χ1v) is 11.2. The van der Waals surface area contributed by atoms with Crippen LogP contribution in [-0.2, 0) is 14.4 Å². The van der Waals surface area contributed by atoms with Gasteiger partial charge >= 0.3 is 5.97 Å². The van der Waals surface area contributed by atoms with E-state index in [1.54, 1.807) is 4.90 Å². The van der Waals surface area contributed by atoms with E-state index in [9.17, 15) is 19.5 Å². The molecule has 6 nitrogen and oxygen atoms in total. The van der Waals surface area contributed by atoms with Crippen LogP contribution in [0, 0.1) is 40.9 Å². The van der Waals surface area contributed by atoms with Crippen LogP contribution in [0.3, 0.4) is 0 Å². The summed E-state index contributed by atoms with van der Waals surface area (Å²) in [5.74, 6) is 1.63. The normalized spacial score (nSPS) is 41.3. The maximum atomic E-state index is 12.6. The molecule has 0 aromatic heterocycles. The van der Waals surface area contributed by atoms with Crippen LogP contribution in [0.4, 0.5) is 0 Å². The Morgan fingerprint density at radius 1 is 0.964 bits per heavy atom. The van der Waals surface area contributed by atoms with Crippen molar-refractivity contribution in [2.45, 2.75) is 57.8 Å². The van der Waals surface area contributed by atoms with Gasteiger partial charge in [-0.2, -0.15) is 0 Å². The van der Waals surface area contributed by atoms with Gasteiger partial charge in [0.1, 0.15) is 0 Å². The first-order chi connectivity index (χ1) is 13.4. The van der Waals surface area contributed by atoms with Crippen LogP contribution in [0.25, 0.3) is 0 Å². The van der Waals surface area contributed by atoms with Crippen molar-refractivity contribution >= 4 is 17.8 Å². The van der Waals surface area contributed by atoms with Crippen molar-refractivity contribution in [2.75, 3.05) is 19.6 Å². The van der Waals surface area contributed by atoms with Crippen molar-refractivity contribution in [3.63, 3.8) is 0 Å². The summed E-state index contributed by atoms with van der Waals surface area (Å²) >= 11 is 0. The monoisotopic (exact) mass is 388 g/mol. The molecule has 1 aliphatic heterocycles. The first kappa shape index (κ1) is 18.4. The zero-order chi connectivity index (χ0) is 19.5. The summed E-state index contributed by atoms with van der Waals surface area (Å²) < 4.78 is 0. The zero-order valence-electron chi connectivity index (χ0n) is 16.6. The van der Waals surface area contributed by atoms with Crippen LogP contribution >= 0.6 is 0 Å². The molecule has 0 aromatic rings. The van der Waals surface area contributed by atoms with E-state index in [1.165, 1.54) is 38.5 Å². The Morgan fingerprint density at radius 3 is 2.11 bits per heavy atom. The van der Waals surface area contributed by atoms with Gasteiger partial charge in [-0.3, -0.25) is 14.4 Å². The number of hydrogen-bond donors (Lipinski definition) is 2. The number of carboxylic acids is 1. The molecule has 1 heterocycles. The van der Waals surface area contributed by atoms with E-state index in [0.717, 1.165) is 30.6 Å². The largest absolute Gasteiger partial charge is 0.481 e. The van der Waals surface area contributed by atoms with Crippen LogP contribution < -0.4 is 5.32 Å². The van der Waals surface area contributed by atoms with Gasteiger partial charge in [-0.25, -0.2) is 0 Å². The van der Waals surface area contributed by atoms with Gasteiger partial charge in [-0.15, -0.1) is 0 Å². The molecule has 1 saturated heterocycles. The summed E-state index contributed by atoms with van der Waals surface area (Å²) in [4.78, 5) is 38.4. The number of aliphatic carboxylic acids is 1. The Morgan fingerprint density at radius 2 is 1.57 bits per heavy atom. The fourth-order valence-corrected chi connectivity index (χ4v) is 7.49. The van der Waals surface area contributed by atoms with Crippen molar-refractivity contribution in [2.24, 2.45) is 40.9 Å². The molecule has 6 rings (SSSR count). The second-order valence-electron chi connectivity index (χ2n) is 10.6. The highest BCUT2D eigenvalue weighted by molar-refractivity contribution is 5.86. The first-order valence-electron chi connectivity index (χ1n) is 11.2. The summed E-state index contributed by atoms with van der Waals surface area (Å²) in [6.07, 6.45) is 10.4. The number of carbonyl (C=O) groups is 3. The van der Waals surface area contributed by atoms with Crippen molar-refractivity contribution in [3.8, 4) is 0 Å². The third kappa shape index (κ3) is 3.43. The molecule has 5 saturated carbocycles. The van der Waals surface area contributed by atoms with Crippen molar-refractivity contribution < 1.29 is 19.5 Å². The fraction of sp³-hybridized carbons (Fsp3) is 0.864. The van der Waals surface area contributed by atoms with Gasteiger partial charge in [0, 0.05) is 19.5 Å². The third-order valence-corrected chi connectivity index (χ3v) is 8.40. The molecule has 5 aliphatic carbocycles. The molecule has 0 spiro atoms. The summed E-state index contributed by atoms with van der Waals surface area (Å²) in [7, 11) is 0. The second-order valence-corrected chi connectivity index (χ2v) is 10.6. The van der Waals surface area contributed by atoms with Gasteiger partial charge in [0.25, 0.3) is 0 Å². The molecule has 2 N–H and O–H groups in total. The predicted octanol–water partition coefficient (Wildman–Crippen LogP) is 2.28. The van der Waals surface area contributed by atoms with E-state index in [-0.39, 0.29) is 29.7 Å². The van der Waals surface area contributed by atoms with Gasteiger partial charge < -0.3 is 15.3 Å². The van der Waals surface area contributed by atoms with Crippen LogP contribution in [0.2, 0.25) is 0 Å². The van der Waals surface area contributed by atoms with E-state index < -0.39 is 11.9 Å². The van der Waals surface area contributed by atoms with Gasteiger partial charge in [-0.1, -0.05) is 0 Å². The minimum absolute atomic E-state index is 0.00280. The molecule has 0 radical (unpaired) electrons. The molecule has 0 unspecified atom stereocenters. The highest BCUT2D eigenvalue weighted by atomic mass is 16.4. The third-order valence-electron chi connectivity index (χ3n) is 8.40. The molecule has 0 aromatic carbocycles. The lowest BCUT2D eigenvalue weighted by molar-refractivity contribution is -0.143. The van der Waals surface area contributed by atoms with Crippen molar-refractivity contribution in [3.05, 3.63) is 0 Å². The minimum Gasteiger partial charge on any atom is -0.481 e. The van der Waals surface area contributed by atoms with E-state index in [2.05, 4.69) is 5.32 Å². The van der Waals surface area contributed by atoms with Crippen LogP contribution in [0.15, 0.2) is 0 Å². The van der Waals surface area contributed by atoms with Gasteiger partial charge in [0.05, 0.1) is 12.5 Å². The predicted molar refractivity (Wildman–Crippen MR) is 102 cm³/mol. The molecule has 154 valence electrons. The summed E-state index contributed by atoms with van der Waals surface area (Å²) in [5, 5.41) is 12.3. The number of likely N-dealkylation sites (tertiary alicyclic amines) is 1. The second kappa shape index (κ2) is 6.74. The Hall–Kier alpha value is -1.59. The molecule has 6 fully saturated rings. The molecular weight excluding hydrogens is 356 g/mol. The number of hydrogen-bond acceptors (Lipinski definition) is 3. The molecule has 4 bridgehead atoms. The SMILES string of the molecule is O=C(CC12CC3CC(CC(C3)C1)C2)NCC(=O)N1C[C@H](C(=O)O)[C@@H](C2CC2)C1. The van der Waals surface area contributed by atoms with E-state index in [4.69, 9.17) is 0 Å². The standard InChI is InChI=1S/C22H32N2O4/c25-19(9-22-6-13-3-14(7-22)5-15(4-13)8-22)23-10-20(26)24-11-17(16-1-2-16)18(12-24)21(27)28/h13-18H,1-12H2,(H,23,25)(H,27,28)/t13?,14?,15?,17-,18+,22?/m1/s1. The van der Waals surface area contributed by atoms with Crippen LogP contribution in [0.5, 0.6) is 0 Å². The Bertz CT molecular complexity index is 651. The number of carbonyl (C=O) groups excluding carboxylic acids is 2. The molecule has 28 heavy (non-hydrogen) atoms. The average Bonchev–Trinajstić information content (AvgIpc) is 3.36. The topological polar surface area (TPSA) is 86.7 Å². The number of nitrogens with zero attached hydrogens (tertiary/aromatic N) is 1. The van der Waals surface area contributed by atoms with E-state index >= 15 is 0 Å². The van der Waals surface area contributed by atoms with Gasteiger partial charge in [0.2, 0.25) is 11.8 Å². The van der Waals surface area contributed by atoms with Crippen LogP contribution in [0.1, 0.15) is 57.8 Å². The minimum atomic E-state index is -0.793. The number of nitrogens with one attached hydrogen (secondary N) is 1. The number of amides is 2. The highest BCUT2D eigenvalue weighted by Gasteiger charge is 2.51. The summed E-state index contributed by atoms with van der Waals surface area (Å²) in [6, 6.07) is 0. The van der Waals surface area contributed by atoms with Crippen molar-refractivity contribution in [1.82, 2.24) is 10.2 Å².